The molecule has 1 rings (SSSR count). The van der Waals surface area contributed by atoms with Crippen molar-refractivity contribution < 1.29 is 0 Å². The van der Waals surface area contributed by atoms with Gasteiger partial charge in [-0.2, -0.15) is 0 Å². The molecule has 0 spiro atoms. The monoisotopic (exact) mass is 210 g/mol. The predicted octanol–water partition coefficient (Wildman–Crippen LogP) is 2.83. The van der Waals surface area contributed by atoms with Crippen molar-refractivity contribution in [1.82, 2.24) is 9.97 Å². The number of halogens is 3. The average molecular weight is 211 g/mol. The quantitative estimate of drug-likeness (QED) is 0.527. The molecule has 0 aromatic carbocycles. The van der Waals surface area contributed by atoms with Gasteiger partial charge in [0.25, 0.3) is 0 Å². The van der Waals surface area contributed by atoms with Crippen LogP contribution in [-0.4, -0.2) is 9.97 Å². The zero-order valence-electron chi connectivity index (χ0n) is 5.74. The maximum atomic E-state index is 5.70. The van der Waals surface area contributed by atoms with E-state index in [4.69, 9.17) is 34.8 Å². The third-order valence-corrected chi connectivity index (χ3v) is 2.17. The van der Waals surface area contributed by atoms with Crippen LogP contribution in [0.2, 0.25) is 10.3 Å². The van der Waals surface area contributed by atoms with Crippen LogP contribution in [0.5, 0.6) is 0 Å². The van der Waals surface area contributed by atoms with Crippen LogP contribution in [0.4, 0.5) is 0 Å². The first kappa shape index (κ1) is 9.04. The highest BCUT2D eigenvalue weighted by molar-refractivity contribution is 6.34. The Kier molecular flexibility index (Phi) is 2.93. The Bertz CT molecular complexity index is 252. The molecular weight excluding hydrogens is 206 g/mol. The molecule has 1 aromatic rings. The molecule has 0 N–H and O–H groups in total. The topological polar surface area (TPSA) is 25.8 Å². The van der Waals surface area contributed by atoms with Crippen molar-refractivity contribution in [1.29, 1.82) is 0 Å². The minimum atomic E-state index is 0.222. The molecule has 5 heteroatoms. The Morgan fingerprint density at radius 2 is 1.64 bits per heavy atom. The second kappa shape index (κ2) is 3.57. The van der Waals surface area contributed by atoms with Gasteiger partial charge in [0.2, 0.25) is 0 Å². The van der Waals surface area contributed by atoms with Crippen molar-refractivity contribution in [2.24, 2.45) is 0 Å². The van der Waals surface area contributed by atoms with Crippen molar-refractivity contribution in [2.45, 2.75) is 12.8 Å². The third kappa shape index (κ3) is 1.95. The smallest absolute Gasteiger partial charge is 0.146 e. The molecule has 1 aromatic heterocycles. The van der Waals surface area contributed by atoms with Crippen molar-refractivity contribution >= 4 is 34.8 Å². The maximum Gasteiger partial charge on any atom is 0.146 e. The van der Waals surface area contributed by atoms with Gasteiger partial charge in [0.05, 0.1) is 5.88 Å². The molecule has 2 nitrogen and oxygen atoms in total. The molecule has 0 saturated heterocycles. The van der Waals surface area contributed by atoms with Gasteiger partial charge in [0, 0.05) is 5.56 Å². The summed E-state index contributed by atoms with van der Waals surface area (Å²) in [5.74, 6) is 0.673. The van der Waals surface area contributed by atoms with E-state index in [9.17, 15) is 0 Å². The molecule has 0 amide bonds. The number of rotatable bonds is 1. The summed E-state index contributed by atoms with van der Waals surface area (Å²) < 4.78 is 0. The number of hydrogen-bond donors (Lipinski definition) is 0. The first-order valence-electron chi connectivity index (χ1n) is 2.89. The highest BCUT2D eigenvalue weighted by atomic mass is 35.5. The summed E-state index contributed by atoms with van der Waals surface area (Å²) in [4.78, 5) is 7.78. The normalized spacial score (nSPS) is 10.2. The maximum absolute atomic E-state index is 5.70. The molecule has 1 heterocycles. The number of nitrogens with zero attached hydrogens (tertiary/aromatic N) is 2. The summed E-state index contributed by atoms with van der Waals surface area (Å²) in [5, 5.41) is 0.723. The fraction of sp³-hybridized carbons (Fsp3) is 0.333. The van der Waals surface area contributed by atoms with Gasteiger partial charge in [0.1, 0.15) is 16.1 Å². The summed E-state index contributed by atoms with van der Waals surface area (Å²) in [6, 6.07) is 0. The fourth-order valence-corrected chi connectivity index (χ4v) is 1.11. The molecule has 0 aliphatic heterocycles. The first-order chi connectivity index (χ1) is 5.15. The van der Waals surface area contributed by atoms with Crippen LogP contribution in [0.15, 0.2) is 0 Å². The summed E-state index contributed by atoms with van der Waals surface area (Å²) in [5.41, 5.74) is 0.683. The minimum Gasteiger partial charge on any atom is -0.220 e. The molecule has 60 valence electrons. The van der Waals surface area contributed by atoms with E-state index in [1.807, 2.05) is 0 Å². The average Bonchev–Trinajstić information content (AvgIpc) is 1.99. The molecular formula is C6H5Cl3N2. The lowest BCUT2D eigenvalue weighted by Gasteiger charge is -2.00. The molecule has 0 fully saturated rings. The lowest BCUT2D eigenvalue weighted by atomic mass is 10.4. The van der Waals surface area contributed by atoms with Crippen LogP contribution in [0.25, 0.3) is 0 Å². The van der Waals surface area contributed by atoms with Crippen molar-refractivity contribution in [3.05, 3.63) is 21.7 Å². The zero-order valence-corrected chi connectivity index (χ0v) is 8.00. The van der Waals surface area contributed by atoms with Gasteiger partial charge in [0.15, 0.2) is 0 Å². The van der Waals surface area contributed by atoms with E-state index >= 15 is 0 Å². The fourth-order valence-electron chi connectivity index (χ4n) is 0.564. The number of alkyl halides is 1. The van der Waals surface area contributed by atoms with Gasteiger partial charge in [-0.05, 0) is 6.92 Å². The molecule has 11 heavy (non-hydrogen) atoms. The molecule has 0 unspecified atom stereocenters. The summed E-state index contributed by atoms with van der Waals surface area (Å²) >= 11 is 16.9. The van der Waals surface area contributed by atoms with Crippen molar-refractivity contribution in [3.8, 4) is 0 Å². The third-order valence-electron chi connectivity index (χ3n) is 1.19. The largest absolute Gasteiger partial charge is 0.220 e. The van der Waals surface area contributed by atoms with Crippen LogP contribution < -0.4 is 0 Å². The van der Waals surface area contributed by atoms with Gasteiger partial charge >= 0.3 is 0 Å². The van der Waals surface area contributed by atoms with E-state index in [-0.39, 0.29) is 5.88 Å². The molecule has 0 aliphatic carbocycles. The van der Waals surface area contributed by atoms with Gasteiger partial charge < -0.3 is 0 Å². The lowest BCUT2D eigenvalue weighted by Crippen LogP contribution is -1.94. The van der Waals surface area contributed by atoms with Gasteiger partial charge in [-0.3, -0.25) is 0 Å². The van der Waals surface area contributed by atoms with Crippen LogP contribution in [0.3, 0.4) is 0 Å². The van der Waals surface area contributed by atoms with Gasteiger partial charge in [-0.25, -0.2) is 9.97 Å². The number of hydrogen-bond acceptors (Lipinski definition) is 2. The standard InChI is InChI=1S/C6H5Cl3N2/c1-3-5(8)10-4(2-7)11-6(3)9/h2H2,1H3. The van der Waals surface area contributed by atoms with E-state index in [0.717, 1.165) is 0 Å². The van der Waals surface area contributed by atoms with E-state index < -0.39 is 0 Å². The predicted molar refractivity (Wildman–Crippen MR) is 46.3 cm³/mol. The lowest BCUT2D eigenvalue weighted by molar-refractivity contribution is 1.01. The SMILES string of the molecule is Cc1c(Cl)nc(CCl)nc1Cl. The Labute approximate surface area is 79.5 Å². The molecule has 0 aliphatic rings. The molecule has 0 atom stereocenters. The Morgan fingerprint density at radius 1 is 1.18 bits per heavy atom. The van der Waals surface area contributed by atoms with Crippen LogP contribution in [0.1, 0.15) is 11.4 Å². The second-order valence-electron chi connectivity index (χ2n) is 1.98. The zero-order chi connectivity index (χ0) is 8.43. The van der Waals surface area contributed by atoms with Gasteiger partial charge in [-0.1, -0.05) is 23.2 Å². The molecule has 0 saturated carbocycles. The van der Waals surface area contributed by atoms with E-state index in [2.05, 4.69) is 9.97 Å². The molecule has 0 radical (unpaired) electrons. The van der Waals surface area contributed by atoms with E-state index in [1.54, 1.807) is 6.92 Å². The Hall–Kier alpha value is -0.0500. The van der Waals surface area contributed by atoms with Crippen LogP contribution >= 0.6 is 34.8 Å². The highest BCUT2D eigenvalue weighted by Gasteiger charge is 2.05. The van der Waals surface area contributed by atoms with Gasteiger partial charge in [-0.15, -0.1) is 11.6 Å². The first-order valence-corrected chi connectivity index (χ1v) is 4.18. The Morgan fingerprint density at radius 3 is 2.00 bits per heavy atom. The summed E-state index contributed by atoms with van der Waals surface area (Å²) in [6.45, 7) is 1.75. The van der Waals surface area contributed by atoms with E-state index in [0.29, 0.717) is 21.7 Å². The van der Waals surface area contributed by atoms with Crippen LogP contribution in [0, 0.1) is 6.92 Å². The molecule has 0 bridgehead atoms. The highest BCUT2D eigenvalue weighted by Crippen LogP contribution is 2.19. The van der Waals surface area contributed by atoms with Crippen molar-refractivity contribution in [2.75, 3.05) is 0 Å². The summed E-state index contributed by atoms with van der Waals surface area (Å²) in [6.07, 6.45) is 0. The van der Waals surface area contributed by atoms with Crippen molar-refractivity contribution in [3.63, 3.8) is 0 Å². The summed E-state index contributed by atoms with van der Waals surface area (Å²) in [7, 11) is 0. The minimum absolute atomic E-state index is 0.222. The van der Waals surface area contributed by atoms with E-state index in [1.165, 1.54) is 0 Å². The number of aromatic nitrogens is 2. The van der Waals surface area contributed by atoms with Crippen LogP contribution in [-0.2, 0) is 5.88 Å². The second-order valence-corrected chi connectivity index (χ2v) is 2.96. The Balaban J connectivity index is 3.21.